The van der Waals surface area contributed by atoms with E-state index >= 15 is 0 Å². The molecule has 1 amide bonds. The van der Waals surface area contributed by atoms with Crippen LogP contribution in [0.25, 0.3) is 6.08 Å². The fourth-order valence-corrected chi connectivity index (χ4v) is 3.36. The van der Waals surface area contributed by atoms with Gasteiger partial charge in [-0.25, -0.2) is 4.99 Å². The lowest BCUT2D eigenvalue weighted by atomic mass is 10.1. The molecule has 0 bridgehead atoms. The van der Waals surface area contributed by atoms with Crippen molar-refractivity contribution in [2.24, 2.45) is 4.99 Å². The van der Waals surface area contributed by atoms with Crippen molar-refractivity contribution in [3.8, 4) is 11.5 Å². The Morgan fingerprint density at radius 2 is 2.04 bits per heavy atom. The van der Waals surface area contributed by atoms with Gasteiger partial charge in [-0.3, -0.25) is 14.9 Å². The second kappa shape index (κ2) is 8.13. The molecule has 1 heterocycles. The Morgan fingerprint density at radius 3 is 2.64 bits per heavy atom. The van der Waals surface area contributed by atoms with Gasteiger partial charge >= 0.3 is 0 Å². The molecule has 0 aromatic heterocycles. The standard InChI is InChI=1S/C19H17N3O5S/c1-3-11-4-6-13(7-5-11)20-19-21-18(24)16(28-19)9-12-8-14(22(25)26)10-15(27-2)17(12)23/h4-10,23H,3H2,1-2H3,(H,20,21,24)/b16-9-. The lowest BCUT2D eigenvalue weighted by molar-refractivity contribution is -0.385. The Morgan fingerprint density at radius 1 is 1.32 bits per heavy atom. The fraction of sp³-hybridized carbons (Fsp3) is 0.158. The van der Waals surface area contributed by atoms with Gasteiger partial charge in [0, 0.05) is 11.6 Å². The van der Waals surface area contributed by atoms with Gasteiger partial charge in [0.05, 0.1) is 28.7 Å². The highest BCUT2D eigenvalue weighted by Gasteiger charge is 2.25. The predicted octanol–water partition coefficient (Wildman–Crippen LogP) is 3.76. The van der Waals surface area contributed by atoms with Crippen LogP contribution in [-0.4, -0.2) is 28.2 Å². The van der Waals surface area contributed by atoms with E-state index in [9.17, 15) is 20.0 Å². The number of nitrogens with zero attached hydrogens (tertiary/aromatic N) is 2. The highest BCUT2D eigenvalue weighted by Crippen LogP contribution is 2.37. The summed E-state index contributed by atoms with van der Waals surface area (Å²) in [6.45, 7) is 2.06. The molecule has 1 aliphatic heterocycles. The molecule has 28 heavy (non-hydrogen) atoms. The van der Waals surface area contributed by atoms with Crippen molar-refractivity contribution in [1.82, 2.24) is 5.32 Å². The molecule has 0 radical (unpaired) electrons. The number of nitro benzene ring substituents is 1. The van der Waals surface area contributed by atoms with Gasteiger partial charge in [0.1, 0.15) is 0 Å². The number of aliphatic imine (C=N–C) groups is 1. The number of nitro groups is 1. The van der Waals surface area contributed by atoms with E-state index < -0.39 is 10.8 Å². The summed E-state index contributed by atoms with van der Waals surface area (Å²) in [4.78, 5) is 27.4. The Kier molecular flexibility index (Phi) is 5.65. The van der Waals surface area contributed by atoms with Gasteiger partial charge in [0.25, 0.3) is 11.6 Å². The topological polar surface area (TPSA) is 114 Å². The zero-order valence-corrected chi connectivity index (χ0v) is 15.9. The molecule has 0 saturated carbocycles. The highest BCUT2D eigenvalue weighted by atomic mass is 32.2. The third-order valence-electron chi connectivity index (χ3n) is 4.03. The molecule has 1 fully saturated rings. The summed E-state index contributed by atoms with van der Waals surface area (Å²) in [5.41, 5.74) is 1.73. The summed E-state index contributed by atoms with van der Waals surface area (Å²) in [6, 6.07) is 9.94. The van der Waals surface area contributed by atoms with Crippen LogP contribution in [0.5, 0.6) is 11.5 Å². The van der Waals surface area contributed by atoms with E-state index in [1.54, 1.807) is 0 Å². The number of nitrogens with one attached hydrogen (secondary N) is 1. The summed E-state index contributed by atoms with van der Waals surface area (Å²) in [5.74, 6) is -0.734. The number of phenolic OH excluding ortho intramolecular Hbond substituents is 1. The van der Waals surface area contributed by atoms with Gasteiger partial charge in [-0.2, -0.15) is 0 Å². The molecule has 1 aliphatic rings. The molecular formula is C19H17N3O5S. The second-order valence-electron chi connectivity index (χ2n) is 5.84. The molecule has 0 atom stereocenters. The number of methoxy groups -OCH3 is 1. The Hall–Kier alpha value is -3.33. The van der Waals surface area contributed by atoms with Crippen LogP contribution >= 0.6 is 11.8 Å². The zero-order chi connectivity index (χ0) is 20.3. The van der Waals surface area contributed by atoms with Crippen molar-refractivity contribution in [1.29, 1.82) is 0 Å². The number of benzene rings is 2. The van der Waals surface area contributed by atoms with Crippen LogP contribution in [0.4, 0.5) is 11.4 Å². The van der Waals surface area contributed by atoms with E-state index in [4.69, 9.17) is 4.74 Å². The molecule has 0 spiro atoms. The van der Waals surface area contributed by atoms with Gasteiger partial charge in [-0.15, -0.1) is 0 Å². The Balaban J connectivity index is 1.91. The predicted molar refractivity (Wildman–Crippen MR) is 108 cm³/mol. The van der Waals surface area contributed by atoms with Crippen LogP contribution in [-0.2, 0) is 11.2 Å². The van der Waals surface area contributed by atoms with Crippen molar-refractivity contribution in [3.63, 3.8) is 0 Å². The number of hydrogen-bond donors (Lipinski definition) is 2. The van der Waals surface area contributed by atoms with Crippen molar-refractivity contribution in [2.75, 3.05) is 7.11 Å². The number of rotatable bonds is 5. The lowest BCUT2D eigenvalue weighted by Crippen LogP contribution is -2.19. The van der Waals surface area contributed by atoms with Crippen LogP contribution in [0, 0.1) is 10.1 Å². The van der Waals surface area contributed by atoms with E-state index in [2.05, 4.69) is 17.2 Å². The number of phenols is 1. The molecule has 2 N–H and O–H groups in total. The first-order chi connectivity index (χ1) is 13.4. The van der Waals surface area contributed by atoms with Gasteiger partial charge in [-0.05, 0) is 42.0 Å². The number of carbonyl (C=O) groups is 1. The minimum atomic E-state index is -0.599. The first-order valence-corrected chi connectivity index (χ1v) is 9.16. The van der Waals surface area contributed by atoms with Crippen LogP contribution in [0.1, 0.15) is 18.1 Å². The van der Waals surface area contributed by atoms with Crippen LogP contribution in [0.15, 0.2) is 46.3 Å². The zero-order valence-electron chi connectivity index (χ0n) is 15.1. The maximum atomic E-state index is 12.2. The number of amidine groups is 1. The van der Waals surface area contributed by atoms with Crippen molar-refractivity contribution >= 4 is 40.3 Å². The molecule has 9 heteroatoms. The number of hydrogen-bond acceptors (Lipinski definition) is 7. The average Bonchev–Trinajstić information content (AvgIpc) is 3.02. The monoisotopic (exact) mass is 399 g/mol. The summed E-state index contributed by atoms with van der Waals surface area (Å²) in [5, 5.41) is 24.3. The molecule has 2 aromatic carbocycles. The fourth-order valence-electron chi connectivity index (χ4n) is 2.53. The van der Waals surface area contributed by atoms with Crippen LogP contribution < -0.4 is 10.1 Å². The van der Waals surface area contributed by atoms with E-state index in [0.29, 0.717) is 10.9 Å². The molecular weight excluding hydrogens is 382 g/mol. The second-order valence-corrected chi connectivity index (χ2v) is 6.88. The molecule has 2 aromatic rings. The number of carbonyl (C=O) groups excluding carboxylic acids is 1. The van der Waals surface area contributed by atoms with E-state index in [-0.39, 0.29) is 27.7 Å². The first-order valence-electron chi connectivity index (χ1n) is 8.35. The Labute approximate surface area is 165 Å². The smallest absolute Gasteiger partial charge is 0.274 e. The van der Waals surface area contributed by atoms with Crippen molar-refractivity contribution in [3.05, 3.63) is 62.5 Å². The normalized spacial score (nSPS) is 16.4. The Bertz CT molecular complexity index is 999. The minimum Gasteiger partial charge on any atom is -0.504 e. The van der Waals surface area contributed by atoms with Crippen molar-refractivity contribution < 1.29 is 19.6 Å². The maximum Gasteiger partial charge on any atom is 0.274 e. The number of aryl methyl sites for hydroxylation is 1. The van der Waals surface area contributed by atoms with Gasteiger partial charge < -0.3 is 15.2 Å². The third kappa shape index (κ3) is 4.15. The number of non-ortho nitro benzene ring substituents is 1. The summed E-state index contributed by atoms with van der Waals surface area (Å²) in [7, 11) is 1.29. The molecule has 144 valence electrons. The molecule has 1 saturated heterocycles. The highest BCUT2D eigenvalue weighted by molar-refractivity contribution is 8.18. The van der Waals surface area contributed by atoms with E-state index in [1.165, 1.54) is 24.8 Å². The number of ether oxygens (including phenoxy) is 1. The number of amides is 1. The average molecular weight is 399 g/mol. The number of thioether (sulfide) groups is 1. The summed E-state index contributed by atoms with van der Waals surface area (Å²) in [6.07, 6.45) is 2.29. The molecule has 0 unspecified atom stereocenters. The lowest BCUT2D eigenvalue weighted by Gasteiger charge is -2.06. The third-order valence-corrected chi connectivity index (χ3v) is 4.94. The SMILES string of the molecule is CCc1ccc(N=C2NC(=O)/C(=C/c3cc([N+](=O)[O-])cc(OC)c3O)S2)cc1. The molecule has 3 rings (SSSR count). The summed E-state index contributed by atoms with van der Waals surface area (Å²) >= 11 is 1.08. The van der Waals surface area contributed by atoms with Gasteiger partial charge in [-0.1, -0.05) is 19.1 Å². The molecule has 8 nitrogen and oxygen atoms in total. The largest absolute Gasteiger partial charge is 0.504 e. The molecule has 0 aliphatic carbocycles. The number of aromatic hydroxyl groups is 1. The first kappa shape index (κ1) is 19.4. The van der Waals surface area contributed by atoms with Gasteiger partial charge in [0.2, 0.25) is 0 Å². The van der Waals surface area contributed by atoms with Crippen molar-refractivity contribution in [2.45, 2.75) is 13.3 Å². The van der Waals surface area contributed by atoms with E-state index in [1.807, 2.05) is 24.3 Å². The quantitative estimate of drug-likeness (QED) is 0.449. The maximum absolute atomic E-state index is 12.2. The van der Waals surface area contributed by atoms with Crippen LogP contribution in [0.2, 0.25) is 0 Å². The van der Waals surface area contributed by atoms with Crippen LogP contribution in [0.3, 0.4) is 0 Å². The summed E-state index contributed by atoms with van der Waals surface area (Å²) < 4.78 is 4.97. The van der Waals surface area contributed by atoms with E-state index in [0.717, 1.165) is 24.2 Å². The van der Waals surface area contributed by atoms with Gasteiger partial charge in [0.15, 0.2) is 16.7 Å². The minimum absolute atomic E-state index is 0.0469.